The lowest BCUT2D eigenvalue weighted by molar-refractivity contribution is -0.671. The van der Waals surface area contributed by atoms with Gasteiger partial charge in [-0.2, -0.15) is 8.42 Å². The fourth-order valence-electron chi connectivity index (χ4n) is 5.62. The van der Waals surface area contributed by atoms with Gasteiger partial charge in [-0.25, -0.2) is 9.13 Å². The van der Waals surface area contributed by atoms with Gasteiger partial charge in [0.25, 0.3) is 10.1 Å². The standard InChI is InChI=1S/C37H38N3O4S/c1-37(2)33-8-5-6-9-34(33)40(20-7-25-45(42,43)44)35(37)15-12-30-26-31(13-10-28-16-21-38(3)22-17-28)36(41)32(27-30)14-11-29-18-23-39(4)24-19-29/h5-6,8-19,21-24,26-27H,7,20,25H2,1-4H3/q+1/p+1. The van der Waals surface area contributed by atoms with Crippen LogP contribution >= 0.6 is 0 Å². The van der Waals surface area contributed by atoms with Gasteiger partial charge in [0.15, 0.2) is 30.6 Å². The molecular formula is C37H39N3O4S+2. The van der Waals surface area contributed by atoms with Crippen LogP contribution in [0.4, 0.5) is 5.69 Å². The second kappa shape index (κ2) is 13.1. The molecule has 0 atom stereocenters. The summed E-state index contributed by atoms with van der Waals surface area (Å²) in [6, 6.07) is 16.1. The summed E-state index contributed by atoms with van der Waals surface area (Å²) < 4.78 is 36.2. The molecule has 1 N–H and O–H groups in total. The Bertz CT molecular complexity index is 1820. The summed E-state index contributed by atoms with van der Waals surface area (Å²) >= 11 is 0. The predicted octanol–water partition coefficient (Wildman–Crippen LogP) is 5.38. The van der Waals surface area contributed by atoms with E-state index in [1.807, 2.05) is 133 Å². The van der Waals surface area contributed by atoms with E-state index in [9.17, 15) is 17.8 Å². The maximum atomic E-state index is 13.6. The molecule has 1 aliphatic carbocycles. The van der Waals surface area contributed by atoms with E-state index in [1.54, 1.807) is 0 Å². The van der Waals surface area contributed by atoms with Gasteiger partial charge in [0.1, 0.15) is 14.1 Å². The van der Waals surface area contributed by atoms with Crippen LogP contribution in [0.3, 0.4) is 0 Å². The third kappa shape index (κ3) is 7.71. The maximum absolute atomic E-state index is 13.6. The number of aromatic nitrogens is 2. The third-order valence-corrected chi connectivity index (χ3v) is 8.91. The average molecular weight is 622 g/mol. The van der Waals surface area contributed by atoms with Crippen molar-refractivity contribution in [3.63, 3.8) is 0 Å². The Kier molecular flexibility index (Phi) is 9.27. The molecule has 230 valence electrons. The number of allylic oxidation sites excluding steroid dienone is 10. The monoisotopic (exact) mass is 621 g/mol. The molecule has 2 aliphatic rings. The van der Waals surface area contributed by atoms with E-state index in [4.69, 9.17) is 0 Å². The van der Waals surface area contributed by atoms with Crippen LogP contribution in [0, 0.1) is 0 Å². The van der Waals surface area contributed by atoms with Crippen molar-refractivity contribution in [2.75, 3.05) is 17.2 Å². The lowest BCUT2D eigenvalue weighted by Crippen LogP contribution is -2.28. The van der Waals surface area contributed by atoms with Gasteiger partial charge in [0.05, 0.1) is 5.75 Å². The van der Waals surface area contributed by atoms with Gasteiger partial charge < -0.3 is 4.90 Å². The van der Waals surface area contributed by atoms with Gasteiger partial charge in [-0.3, -0.25) is 9.35 Å². The first kappa shape index (κ1) is 31.8. The summed E-state index contributed by atoms with van der Waals surface area (Å²) in [6.45, 7) is 4.74. The summed E-state index contributed by atoms with van der Waals surface area (Å²) in [6.07, 6.45) is 23.6. The fourth-order valence-corrected chi connectivity index (χ4v) is 6.12. The third-order valence-electron chi connectivity index (χ3n) is 8.10. The number of fused-ring (bicyclic) bond motifs is 1. The van der Waals surface area contributed by atoms with Crippen LogP contribution in [-0.4, -0.2) is 31.1 Å². The van der Waals surface area contributed by atoms with Crippen LogP contribution in [0.15, 0.2) is 132 Å². The van der Waals surface area contributed by atoms with Crippen molar-refractivity contribution < 1.29 is 26.9 Å². The zero-order chi connectivity index (χ0) is 32.2. The number of pyridine rings is 2. The first-order valence-corrected chi connectivity index (χ1v) is 16.5. The smallest absolute Gasteiger partial charge is 0.264 e. The Morgan fingerprint density at radius 1 is 0.800 bits per heavy atom. The van der Waals surface area contributed by atoms with E-state index in [1.165, 1.54) is 0 Å². The zero-order valence-electron chi connectivity index (χ0n) is 26.1. The number of ketones is 1. The number of rotatable bonds is 9. The van der Waals surface area contributed by atoms with E-state index in [2.05, 4.69) is 30.9 Å². The van der Waals surface area contributed by atoms with E-state index in [0.29, 0.717) is 17.7 Å². The van der Waals surface area contributed by atoms with E-state index in [0.717, 1.165) is 33.6 Å². The minimum absolute atomic E-state index is 0.0595. The molecule has 8 heteroatoms. The topological polar surface area (TPSA) is 82.4 Å². The van der Waals surface area contributed by atoms with Crippen LogP contribution in [0.1, 0.15) is 37.0 Å². The molecule has 2 aromatic heterocycles. The number of para-hydroxylation sites is 1. The second-order valence-electron chi connectivity index (χ2n) is 11.9. The zero-order valence-corrected chi connectivity index (χ0v) is 26.9. The Morgan fingerprint density at radius 3 is 1.87 bits per heavy atom. The maximum Gasteiger partial charge on any atom is 0.264 e. The van der Waals surface area contributed by atoms with Gasteiger partial charge in [-0.05, 0) is 53.0 Å². The SMILES string of the molecule is C[n+]1ccc(/C=C/C2=CC(=C/C=C3/N(CCCS(=O)(=O)O)c4ccccc4C3(C)C)C=C(/C=C/c3cc[n+](C)cc3)C2=O)cc1. The number of carbonyl (C=O) groups excluding carboxylic acids is 1. The quantitative estimate of drug-likeness (QED) is 0.256. The van der Waals surface area contributed by atoms with Crippen molar-refractivity contribution in [2.45, 2.75) is 25.7 Å². The van der Waals surface area contributed by atoms with Crippen LogP contribution in [0.2, 0.25) is 0 Å². The average Bonchev–Trinajstić information content (AvgIpc) is 3.21. The Hall–Kier alpha value is -4.66. The normalized spacial score (nSPS) is 17.3. The van der Waals surface area contributed by atoms with Gasteiger partial charge in [0.2, 0.25) is 0 Å². The predicted molar refractivity (Wildman–Crippen MR) is 178 cm³/mol. The molecule has 7 nitrogen and oxygen atoms in total. The molecule has 0 amide bonds. The number of hydrogen-bond acceptors (Lipinski definition) is 4. The van der Waals surface area contributed by atoms with E-state index < -0.39 is 10.1 Å². The lowest BCUT2D eigenvalue weighted by Gasteiger charge is -2.27. The fraction of sp³-hybridized carbons (Fsp3) is 0.216. The van der Waals surface area contributed by atoms with Gasteiger partial charge >= 0.3 is 0 Å². The van der Waals surface area contributed by atoms with Crippen molar-refractivity contribution in [1.29, 1.82) is 0 Å². The molecule has 0 bridgehead atoms. The molecule has 1 aliphatic heterocycles. The second-order valence-corrected chi connectivity index (χ2v) is 13.5. The largest absolute Gasteiger partial charge is 0.344 e. The number of benzene rings is 1. The first-order valence-electron chi connectivity index (χ1n) is 14.9. The highest BCUT2D eigenvalue weighted by Gasteiger charge is 2.39. The van der Waals surface area contributed by atoms with Crippen molar-refractivity contribution in [1.82, 2.24) is 0 Å². The van der Waals surface area contributed by atoms with Crippen molar-refractivity contribution in [2.24, 2.45) is 14.1 Å². The number of aryl methyl sites for hydroxylation is 2. The van der Waals surface area contributed by atoms with Gasteiger partial charge in [-0.1, -0.05) is 62.4 Å². The summed E-state index contributed by atoms with van der Waals surface area (Å²) in [5, 5.41) is 0. The number of carbonyl (C=O) groups is 1. The Balaban J connectivity index is 1.53. The molecule has 3 heterocycles. The molecule has 0 radical (unpaired) electrons. The highest BCUT2D eigenvalue weighted by molar-refractivity contribution is 7.85. The molecule has 0 fully saturated rings. The molecule has 3 aromatic rings. The Labute approximate surface area is 265 Å². The van der Waals surface area contributed by atoms with Crippen LogP contribution in [-0.2, 0) is 34.4 Å². The molecule has 1 aromatic carbocycles. The Morgan fingerprint density at radius 2 is 1.33 bits per heavy atom. The summed E-state index contributed by atoms with van der Waals surface area (Å²) in [5.41, 5.74) is 6.83. The molecule has 0 saturated heterocycles. The number of nitrogens with zero attached hydrogens (tertiary/aromatic N) is 3. The van der Waals surface area contributed by atoms with Gasteiger partial charge in [0, 0.05) is 58.8 Å². The summed E-state index contributed by atoms with van der Waals surface area (Å²) in [5.74, 6) is -0.366. The molecule has 5 rings (SSSR count). The van der Waals surface area contributed by atoms with Crippen LogP contribution in [0.5, 0.6) is 0 Å². The van der Waals surface area contributed by atoms with Crippen LogP contribution in [0.25, 0.3) is 12.2 Å². The minimum atomic E-state index is -4.06. The van der Waals surface area contributed by atoms with Crippen molar-refractivity contribution in [3.05, 3.63) is 149 Å². The van der Waals surface area contributed by atoms with Crippen molar-refractivity contribution in [3.8, 4) is 0 Å². The first-order chi connectivity index (χ1) is 21.4. The minimum Gasteiger partial charge on any atom is -0.344 e. The lowest BCUT2D eigenvalue weighted by atomic mass is 9.83. The van der Waals surface area contributed by atoms with Crippen LogP contribution < -0.4 is 14.0 Å². The van der Waals surface area contributed by atoms with Crippen molar-refractivity contribution >= 4 is 33.7 Å². The summed E-state index contributed by atoms with van der Waals surface area (Å²) in [7, 11) is -0.142. The highest BCUT2D eigenvalue weighted by atomic mass is 32.2. The molecule has 0 spiro atoms. The number of anilines is 1. The molecule has 0 unspecified atom stereocenters. The molecular weight excluding hydrogens is 582 g/mol. The molecule has 45 heavy (non-hydrogen) atoms. The molecule has 0 saturated carbocycles. The summed E-state index contributed by atoms with van der Waals surface area (Å²) in [4.78, 5) is 15.7. The van der Waals surface area contributed by atoms with Gasteiger partial charge in [-0.15, -0.1) is 0 Å². The van der Waals surface area contributed by atoms with E-state index >= 15 is 0 Å². The number of Topliss-reactive ketones (excluding diaryl/α,β-unsaturated/α-hetero) is 1. The number of hydrogen-bond donors (Lipinski definition) is 1. The highest BCUT2D eigenvalue weighted by Crippen LogP contribution is 2.47. The van der Waals surface area contributed by atoms with E-state index in [-0.39, 0.29) is 23.4 Å².